The molecule has 1 heterocycles. The number of nitriles is 1. The van der Waals surface area contributed by atoms with E-state index < -0.39 is 15.9 Å². The van der Waals surface area contributed by atoms with Crippen molar-refractivity contribution in [1.29, 1.82) is 5.26 Å². The van der Waals surface area contributed by atoms with E-state index in [-0.39, 0.29) is 22.3 Å². The van der Waals surface area contributed by atoms with E-state index in [2.05, 4.69) is 5.32 Å². The summed E-state index contributed by atoms with van der Waals surface area (Å²) < 4.78 is 33.3. The molecule has 152 valence electrons. The number of piperidine rings is 1. The lowest BCUT2D eigenvalue weighted by Crippen LogP contribution is -2.42. The van der Waals surface area contributed by atoms with Gasteiger partial charge in [-0.2, -0.15) is 9.57 Å². The van der Waals surface area contributed by atoms with Gasteiger partial charge in [-0.25, -0.2) is 8.42 Å². The number of hydrogen-bond acceptors (Lipinski definition) is 5. The van der Waals surface area contributed by atoms with Gasteiger partial charge in [0, 0.05) is 23.8 Å². The first-order chi connectivity index (χ1) is 13.9. The van der Waals surface area contributed by atoms with E-state index in [0.29, 0.717) is 17.8 Å². The molecule has 0 bridgehead atoms. The van der Waals surface area contributed by atoms with E-state index in [4.69, 9.17) is 10.00 Å². The van der Waals surface area contributed by atoms with Crippen molar-refractivity contribution in [2.24, 2.45) is 0 Å². The van der Waals surface area contributed by atoms with Gasteiger partial charge >= 0.3 is 0 Å². The number of amides is 1. The standard InChI is InChI=1S/C21H23N3O4S/c1-15-5-3-4-12-24(15)29(26,27)20-13-17(8-11-19(20)28-2)21(25)23-18-9-6-16(14-22)7-10-18/h6-11,13,15H,3-5,12H2,1-2H3,(H,23,25)/t15-/m0/s1. The first-order valence-corrected chi connectivity index (χ1v) is 10.8. The van der Waals surface area contributed by atoms with Crippen molar-refractivity contribution in [3.05, 3.63) is 53.6 Å². The van der Waals surface area contributed by atoms with Gasteiger partial charge in [0.1, 0.15) is 10.6 Å². The Labute approximate surface area is 171 Å². The predicted molar refractivity (Wildman–Crippen MR) is 109 cm³/mol. The Kier molecular flexibility index (Phi) is 6.20. The lowest BCUT2D eigenvalue weighted by molar-refractivity contribution is 0.102. The number of methoxy groups -OCH3 is 1. The molecular weight excluding hydrogens is 390 g/mol. The molecule has 2 aromatic rings. The maximum absolute atomic E-state index is 13.3. The molecule has 0 saturated carbocycles. The predicted octanol–water partition coefficient (Wildman–Crippen LogP) is 3.38. The molecule has 0 radical (unpaired) electrons. The molecule has 1 saturated heterocycles. The lowest BCUT2D eigenvalue weighted by Gasteiger charge is -2.32. The summed E-state index contributed by atoms with van der Waals surface area (Å²) in [5.41, 5.74) is 1.20. The van der Waals surface area contributed by atoms with Gasteiger partial charge in [0.15, 0.2) is 0 Å². The highest BCUT2D eigenvalue weighted by molar-refractivity contribution is 7.89. The van der Waals surface area contributed by atoms with Crippen LogP contribution in [0.5, 0.6) is 5.75 Å². The minimum absolute atomic E-state index is 0.0128. The largest absolute Gasteiger partial charge is 0.495 e. The van der Waals surface area contributed by atoms with Gasteiger partial charge in [0.25, 0.3) is 5.91 Å². The fraction of sp³-hybridized carbons (Fsp3) is 0.333. The van der Waals surface area contributed by atoms with Crippen LogP contribution >= 0.6 is 0 Å². The summed E-state index contributed by atoms with van der Waals surface area (Å²) in [4.78, 5) is 12.6. The molecule has 0 unspecified atom stereocenters. The van der Waals surface area contributed by atoms with Crippen LogP contribution in [0.4, 0.5) is 5.69 Å². The second-order valence-corrected chi connectivity index (χ2v) is 8.83. The number of carbonyl (C=O) groups excluding carboxylic acids is 1. The van der Waals surface area contributed by atoms with Gasteiger partial charge in [-0.05, 0) is 62.2 Å². The van der Waals surface area contributed by atoms with Gasteiger partial charge in [0.2, 0.25) is 10.0 Å². The summed E-state index contributed by atoms with van der Waals surface area (Å²) in [7, 11) is -2.39. The Balaban J connectivity index is 1.91. The number of nitrogens with one attached hydrogen (secondary N) is 1. The number of hydrogen-bond donors (Lipinski definition) is 1. The molecule has 2 aromatic carbocycles. The zero-order valence-corrected chi connectivity index (χ0v) is 17.2. The molecule has 7 nitrogen and oxygen atoms in total. The van der Waals surface area contributed by atoms with E-state index in [1.54, 1.807) is 24.3 Å². The molecule has 1 atom stereocenters. The van der Waals surface area contributed by atoms with Crippen molar-refractivity contribution in [3.63, 3.8) is 0 Å². The Hall–Kier alpha value is -2.89. The normalized spacial score (nSPS) is 17.3. The van der Waals surface area contributed by atoms with Crippen molar-refractivity contribution in [3.8, 4) is 11.8 Å². The highest BCUT2D eigenvalue weighted by atomic mass is 32.2. The molecule has 1 aliphatic rings. The third-order valence-electron chi connectivity index (χ3n) is 5.03. The monoisotopic (exact) mass is 413 g/mol. The number of rotatable bonds is 5. The number of anilines is 1. The third-order valence-corrected chi connectivity index (χ3v) is 7.06. The Bertz CT molecular complexity index is 1040. The average molecular weight is 413 g/mol. The molecule has 1 aliphatic heterocycles. The highest BCUT2D eigenvalue weighted by Crippen LogP contribution is 2.31. The van der Waals surface area contributed by atoms with Crippen LogP contribution in [0.3, 0.4) is 0 Å². The Morgan fingerprint density at radius 3 is 2.55 bits per heavy atom. The summed E-state index contributed by atoms with van der Waals surface area (Å²) >= 11 is 0. The molecule has 0 aromatic heterocycles. The minimum Gasteiger partial charge on any atom is -0.495 e. The molecule has 1 fully saturated rings. The molecule has 3 rings (SSSR count). The number of benzene rings is 2. The van der Waals surface area contributed by atoms with E-state index in [0.717, 1.165) is 19.3 Å². The summed E-state index contributed by atoms with van der Waals surface area (Å²) in [6, 6.07) is 12.7. The van der Waals surface area contributed by atoms with Crippen LogP contribution in [-0.2, 0) is 10.0 Å². The van der Waals surface area contributed by atoms with Crippen molar-refractivity contribution >= 4 is 21.6 Å². The Morgan fingerprint density at radius 1 is 1.21 bits per heavy atom. The summed E-state index contributed by atoms with van der Waals surface area (Å²) in [6.07, 6.45) is 2.61. The fourth-order valence-electron chi connectivity index (χ4n) is 3.41. The number of ether oxygens (including phenoxy) is 1. The van der Waals surface area contributed by atoms with Crippen molar-refractivity contribution < 1.29 is 17.9 Å². The lowest BCUT2D eigenvalue weighted by atomic mass is 10.1. The molecule has 0 aliphatic carbocycles. The third kappa shape index (κ3) is 4.42. The van der Waals surface area contributed by atoms with E-state index in [9.17, 15) is 13.2 Å². The first-order valence-electron chi connectivity index (χ1n) is 9.38. The van der Waals surface area contributed by atoms with Gasteiger partial charge in [-0.1, -0.05) is 6.42 Å². The number of carbonyl (C=O) groups is 1. The van der Waals surface area contributed by atoms with Crippen molar-refractivity contribution in [2.75, 3.05) is 19.0 Å². The molecule has 8 heteroatoms. The maximum atomic E-state index is 13.3. The van der Waals surface area contributed by atoms with Crippen LogP contribution in [0.25, 0.3) is 0 Å². The minimum atomic E-state index is -3.80. The number of nitrogens with zero attached hydrogens (tertiary/aromatic N) is 2. The molecule has 1 amide bonds. The van der Waals surface area contributed by atoms with Crippen LogP contribution in [0.1, 0.15) is 42.1 Å². The van der Waals surface area contributed by atoms with Gasteiger partial charge in [-0.3, -0.25) is 4.79 Å². The first kappa shape index (κ1) is 20.8. The smallest absolute Gasteiger partial charge is 0.255 e. The summed E-state index contributed by atoms with van der Waals surface area (Å²) in [5.74, 6) is -0.238. The molecule has 0 spiro atoms. The average Bonchev–Trinajstić information content (AvgIpc) is 2.74. The molecule has 29 heavy (non-hydrogen) atoms. The zero-order chi connectivity index (χ0) is 21.0. The van der Waals surface area contributed by atoms with Crippen LogP contribution in [0.15, 0.2) is 47.4 Å². The number of sulfonamides is 1. The topological polar surface area (TPSA) is 99.5 Å². The highest BCUT2D eigenvalue weighted by Gasteiger charge is 2.33. The van der Waals surface area contributed by atoms with Crippen LogP contribution < -0.4 is 10.1 Å². The summed E-state index contributed by atoms with van der Waals surface area (Å²) in [5, 5.41) is 11.6. The van der Waals surface area contributed by atoms with Gasteiger partial charge in [-0.15, -0.1) is 0 Å². The van der Waals surface area contributed by atoms with Gasteiger partial charge in [0.05, 0.1) is 18.7 Å². The van der Waals surface area contributed by atoms with Crippen LogP contribution in [0.2, 0.25) is 0 Å². The zero-order valence-electron chi connectivity index (χ0n) is 16.4. The quantitative estimate of drug-likeness (QED) is 0.810. The second-order valence-electron chi connectivity index (χ2n) is 6.97. The van der Waals surface area contributed by atoms with Crippen molar-refractivity contribution in [1.82, 2.24) is 4.31 Å². The van der Waals surface area contributed by atoms with Gasteiger partial charge < -0.3 is 10.1 Å². The summed E-state index contributed by atoms with van der Waals surface area (Å²) in [6.45, 7) is 2.35. The Morgan fingerprint density at radius 2 is 1.93 bits per heavy atom. The maximum Gasteiger partial charge on any atom is 0.255 e. The van der Waals surface area contributed by atoms with Crippen molar-refractivity contribution in [2.45, 2.75) is 37.1 Å². The SMILES string of the molecule is COc1ccc(C(=O)Nc2ccc(C#N)cc2)cc1S(=O)(=O)N1CCCC[C@@H]1C. The molecular formula is C21H23N3O4S. The molecule has 1 N–H and O–H groups in total. The van der Waals surface area contributed by atoms with E-state index in [1.807, 2.05) is 13.0 Å². The van der Waals surface area contributed by atoms with Crippen LogP contribution in [-0.4, -0.2) is 38.3 Å². The van der Waals surface area contributed by atoms with E-state index >= 15 is 0 Å². The van der Waals surface area contributed by atoms with E-state index in [1.165, 1.54) is 29.6 Å². The fourth-order valence-corrected chi connectivity index (χ4v) is 5.29. The van der Waals surface area contributed by atoms with Crippen LogP contribution in [0, 0.1) is 11.3 Å². The second kappa shape index (κ2) is 8.64.